The van der Waals surface area contributed by atoms with E-state index < -0.39 is 0 Å². The average molecular weight is 247 g/mol. The van der Waals surface area contributed by atoms with E-state index in [4.69, 9.17) is 0 Å². The molecule has 7 nitrogen and oxygen atoms in total. The van der Waals surface area contributed by atoms with Gasteiger partial charge in [-0.1, -0.05) is 0 Å². The molecule has 2 heterocycles. The highest BCUT2D eigenvalue weighted by Gasteiger charge is 2.06. The zero-order chi connectivity index (χ0) is 13.0. The Labute approximate surface area is 103 Å². The molecule has 2 N–H and O–H groups in total. The Bertz CT molecular complexity index is 601. The van der Waals surface area contributed by atoms with Crippen LogP contribution in [0.25, 0.3) is 0 Å². The van der Waals surface area contributed by atoms with Crippen molar-refractivity contribution in [2.24, 2.45) is 7.05 Å². The van der Waals surface area contributed by atoms with Gasteiger partial charge in [0.25, 0.3) is 5.91 Å². The third kappa shape index (κ3) is 3.03. The van der Waals surface area contributed by atoms with Crippen molar-refractivity contribution in [1.82, 2.24) is 25.1 Å². The van der Waals surface area contributed by atoms with E-state index in [1.54, 1.807) is 24.1 Å². The quantitative estimate of drug-likeness (QED) is 0.760. The molecule has 94 valence electrons. The van der Waals surface area contributed by atoms with Crippen LogP contribution >= 0.6 is 0 Å². The van der Waals surface area contributed by atoms with Crippen LogP contribution in [0.3, 0.4) is 0 Å². The first-order chi connectivity index (χ1) is 8.65. The third-order valence-corrected chi connectivity index (χ3v) is 2.32. The lowest BCUT2D eigenvalue weighted by atomic mass is 10.2. The van der Waals surface area contributed by atoms with Gasteiger partial charge in [0.05, 0.1) is 0 Å². The first-order valence-corrected chi connectivity index (χ1v) is 5.46. The largest absolute Gasteiger partial charge is 0.352 e. The fraction of sp³-hybridized carbons (Fsp3) is 0.273. The van der Waals surface area contributed by atoms with Crippen LogP contribution < -0.4 is 10.9 Å². The number of amides is 1. The summed E-state index contributed by atoms with van der Waals surface area (Å²) in [7, 11) is 1.78. The summed E-state index contributed by atoms with van der Waals surface area (Å²) >= 11 is 0. The topological polar surface area (TPSA) is 92.7 Å². The van der Waals surface area contributed by atoms with E-state index in [9.17, 15) is 9.59 Å². The van der Waals surface area contributed by atoms with Gasteiger partial charge in [-0.2, -0.15) is 5.10 Å². The van der Waals surface area contributed by atoms with E-state index in [2.05, 4.69) is 20.4 Å². The number of pyridine rings is 1. The van der Waals surface area contributed by atoms with Crippen molar-refractivity contribution in [1.29, 1.82) is 0 Å². The van der Waals surface area contributed by atoms with Gasteiger partial charge in [-0.25, -0.2) is 4.98 Å². The molecule has 0 bridgehead atoms. The van der Waals surface area contributed by atoms with Gasteiger partial charge in [-0.3, -0.25) is 14.3 Å². The first-order valence-electron chi connectivity index (χ1n) is 5.46. The van der Waals surface area contributed by atoms with E-state index in [1.165, 1.54) is 12.3 Å². The summed E-state index contributed by atoms with van der Waals surface area (Å²) in [5.41, 5.74) is 0.0433. The predicted molar refractivity (Wildman–Crippen MR) is 64.1 cm³/mol. The number of carbonyl (C=O) groups excluding carboxylic acids is 1. The fourth-order valence-electron chi connectivity index (χ4n) is 1.47. The van der Waals surface area contributed by atoms with Gasteiger partial charge < -0.3 is 10.3 Å². The molecule has 0 fully saturated rings. The van der Waals surface area contributed by atoms with E-state index in [0.717, 1.165) is 0 Å². The summed E-state index contributed by atoms with van der Waals surface area (Å²) in [5.74, 6) is 0.390. The number of hydrogen-bond donors (Lipinski definition) is 2. The van der Waals surface area contributed by atoms with Gasteiger partial charge in [-0.15, -0.1) is 0 Å². The van der Waals surface area contributed by atoms with E-state index in [0.29, 0.717) is 24.4 Å². The Morgan fingerprint density at radius 3 is 3.06 bits per heavy atom. The zero-order valence-electron chi connectivity index (χ0n) is 9.88. The minimum atomic E-state index is -0.297. The Hall–Kier alpha value is -2.44. The number of rotatable bonds is 4. The average Bonchev–Trinajstić information content (AvgIpc) is 2.75. The van der Waals surface area contributed by atoms with Gasteiger partial charge in [-0.05, 0) is 6.07 Å². The van der Waals surface area contributed by atoms with Crippen LogP contribution in [0.1, 0.15) is 16.2 Å². The maximum Gasteiger partial charge on any atom is 0.251 e. The SMILES string of the molecule is Cn1cnc(CCNC(=O)c2cc[nH]c(=O)c2)n1. The van der Waals surface area contributed by atoms with E-state index in [-0.39, 0.29) is 11.5 Å². The van der Waals surface area contributed by atoms with Crippen LogP contribution in [-0.4, -0.2) is 32.2 Å². The molecular weight excluding hydrogens is 234 g/mol. The first kappa shape index (κ1) is 12.0. The van der Waals surface area contributed by atoms with Crippen LogP contribution in [-0.2, 0) is 13.5 Å². The van der Waals surface area contributed by atoms with Crippen molar-refractivity contribution in [2.45, 2.75) is 6.42 Å². The van der Waals surface area contributed by atoms with Crippen LogP contribution in [0.15, 0.2) is 29.5 Å². The number of aromatic amines is 1. The van der Waals surface area contributed by atoms with Crippen molar-refractivity contribution in [2.75, 3.05) is 6.54 Å². The second kappa shape index (κ2) is 5.26. The molecule has 0 aliphatic carbocycles. The molecule has 2 rings (SSSR count). The smallest absolute Gasteiger partial charge is 0.251 e. The lowest BCUT2D eigenvalue weighted by Crippen LogP contribution is -2.27. The summed E-state index contributed by atoms with van der Waals surface area (Å²) in [4.78, 5) is 29.2. The Morgan fingerprint density at radius 1 is 1.56 bits per heavy atom. The number of H-pyrrole nitrogens is 1. The summed E-state index contributed by atoms with van der Waals surface area (Å²) in [5, 5.41) is 6.80. The Kier molecular flexibility index (Phi) is 3.52. The van der Waals surface area contributed by atoms with E-state index in [1.807, 2.05) is 0 Å². The highest BCUT2D eigenvalue weighted by atomic mass is 16.2. The highest BCUT2D eigenvalue weighted by molar-refractivity contribution is 5.93. The number of aryl methyl sites for hydroxylation is 1. The molecule has 0 aliphatic heterocycles. The van der Waals surface area contributed by atoms with Crippen LogP contribution in [0, 0.1) is 0 Å². The van der Waals surface area contributed by atoms with Gasteiger partial charge in [0.2, 0.25) is 5.56 Å². The lowest BCUT2D eigenvalue weighted by molar-refractivity contribution is 0.0954. The van der Waals surface area contributed by atoms with Gasteiger partial charge >= 0.3 is 0 Å². The molecule has 0 atom stereocenters. The molecular formula is C11H13N5O2. The molecule has 0 saturated heterocycles. The molecule has 0 unspecified atom stereocenters. The minimum Gasteiger partial charge on any atom is -0.352 e. The molecule has 0 radical (unpaired) electrons. The molecule has 0 spiro atoms. The monoisotopic (exact) mass is 247 g/mol. The standard InChI is InChI=1S/C11H13N5O2/c1-16-7-14-9(15-16)3-5-13-11(18)8-2-4-12-10(17)6-8/h2,4,6-7H,3,5H2,1H3,(H,12,17)(H,13,18). The van der Waals surface area contributed by atoms with Crippen LogP contribution in [0.4, 0.5) is 0 Å². The second-order valence-electron chi connectivity index (χ2n) is 3.78. The summed E-state index contributed by atoms with van der Waals surface area (Å²) in [6, 6.07) is 2.81. The Balaban J connectivity index is 1.87. The maximum atomic E-state index is 11.7. The molecule has 2 aromatic heterocycles. The van der Waals surface area contributed by atoms with Gasteiger partial charge in [0, 0.05) is 37.8 Å². The zero-order valence-corrected chi connectivity index (χ0v) is 9.88. The number of hydrogen-bond acceptors (Lipinski definition) is 4. The number of carbonyl (C=O) groups is 1. The van der Waals surface area contributed by atoms with Crippen molar-refractivity contribution in [3.63, 3.8) is 0 Å². The molecule has 0 aromatic carbocycles. The van der Waals surface area contributed by atoms with Crippen LogP contribution in [0.2, 0.25) is 0 Å². The lowest BCUT2D eigenvalue weighted by Gasteiger charge is -2.02. The summed E-state index contributed by atoms with van der Waals surface area (Å²) in [6.45, 7) is 0.426. The Morgan fingerprint density at radius 2 is 2.39 bits per heavy atom. The normalized spacial score (nSPS) is 10.3. The minimum absolute atomic E-state index is 0.281. The molecule has 1 amide bonds. The number of aromatic nitrogens is 4. The summed E-state index contributed by atoms with van der Waals surface area (Å²) in [6.07, 6.45) is 3.60. The number of nitrogens with zero attached hydrogens (tertiary/aromatic N) is 3. The van der Waals surface area contributed by atoms with Crippen molar-refractivity contribution >= 4 is 5.91 Å². The highest BCUT2D eigenvalue weighted by Crippen LogP contribution is 1.93. The molecule has 0 saturated carbocycles. The van der Waals surface area contributed by atoms with Crippen molar-refractivity contribution in [3.8, 4) is 0 Å². The maximum absolute atomic E-state index is 11.7. The van der Waals surface area contributed by atoms with E-state index >= 15 is 0 Å². The van der Waals surface area contributed by atoms with Crippen LogP contribution in [0.5, 0.6) is 0 Å². The second-order valence-corrected chi connectivity index (χ2v) is 3.78. The summed E-state index contributed by atoms with van der Waals surface area (Å²) < 4.78 is 1.61. The molecule has 18 heavy (non-hydrogen) atoms. The number of nitrogens with one attached hydrogen (secondary N) is 2. The van der Waals surface area contributed by atoms with Crippen molar-refractivity contribution in [3.05, 3.63) is 46.4 Å². The van der Waals surface area contributed by atoms with Gasteiger partial charge in [0.15, 0.2) is 5.82 Å². The molecule has 0 aliphatic rings. The van der Waals surface area contributed by atoms with Crippen molar-refractivity contribution < 1.29 is 4.79 Å². The molecule has 7 heteroatoms. The molecule has 2 aromatic rings. The predicted octanol–water partition coefficient (Wildman–Crippen LogP) is -0.524. The third-order valence-electron chi connectivity index (χ3n) is 2.32. The fourth-order valence-corrected chi connectivity index (χ4v) is 1.47. The van der Waals surface area contributed by atoms with Gasteiger partial charge in [0.1, 0.15) is 6.33 Å².